The molecule has 12 heteroatoms. The number of hydrogen-bond donors (Lipinski definition) is 0. The summed E-state index contributed by atoms with van der Waals surface area (Å²) in [5.74, 6) is -0.704. The average molecular weight is 533 g/mol. The van der Waals surface area contributed by atoms with E-state index in [1.807, 2.05) is 45.0 Å². The number of fused-ring (bicyclic) bond motifs is 1. The number of aryl methyl sites for hydroxylation is 1. The first kappa shape index (κ1) is 25.3. The molecule has 0 aliphatic carbocycles. The number of morpholine rings is 1. The number of nitrogens with zero attached hydrogens (tertiary/aromatic N) is 6. The Bertz CT molecular complexity index is 1460. The summed E-state index contributed by atoms with van der Waals surface area (Å²) >= 11 is 1.25. The highest BCUT2D eigenvalue weighted by Gasteiger charge is 2.33. The monoisotopic (exact) mass is 532 g/mol. The summed E-state index contributed by atoms with van der Waals surface area (Å²) in [4.78, 5) is 21.9. The van der Waals surface area contributed by atoms with Crippen LogP contribution in [0.1, 0.15) is 29.8 Å². The summed E-state index contributed by atoms with van der Waals surface area (Å²) in [6.45, 7) is 4.75. The predicted molar refractivity (Wildman–Crippen MR) is 134 cm³/mol. The number of hydrogen-bond acceptors (Lipinski definition) is 8. The van der Waals surface area contributed by atoms with E-state index in [0.717, 1.165) is 23.4 Å². The molecule has 0 amide bonds. The van der Waals surface area contributed by atoms with Crippen molar-refractivity contribution in [3.05, 3.63) is 59.2 Å². The third kappa shape index (κ3) is 5.08. The molecule has 2 atom stereocenters. The molecule has 0 spiro atoms. The number of thiazole rings is 1. The van der Waals surface area contributed by atoms with Gasteiger partial charge in [0.25, 0.3) is 0 Å². The quantitative estimate of drug-likeness (QED) is 0.315. The fraction of sp³-hybridized carbons (Fsp3) is 0.360. The van der Waals surface area contributed by atoms with Gasteiger partial charge in [-0.05, 0) is 49.7 Å². The van der Waals surface area contributed by atoms with Gasteiger partial charge in [-0.1, -0.05) is 11.3 Å². The van der Waals surface area contributed by atoms with Crippen LogP contribution >= 0.6 is 11.3 Å². The molecule has 1 aliphatic rings. The number of benzene rings is 1. The molecule has 5 rings (SSSR count). The molecule has 194 valence electrons. The number of pyridine rings is 1. The summed E-state index contributed by atoms with van der Waals surface area (Å²) in [5, 5.41) is 0.621. The Morgan fingerprint density at radius 2 is 1.86 bits per heavy atom. The minimum atomic E-state index is -4.65. The zero-order chi connectivity index (χ0) is 26.5. The minimum Gasteiger partial charge on any atom is -0.367 e. The Balaban J connectivity index is 1.61. The van der Waals surface area contributed by atoms with Gasteiger partial charge in [-0.15, -0.1) is 0 Å². The number of ether oxygens (including phenoxy) is 1. The average Bonchev–Trinajstić information content (AvgIpc) is 3.27. The summed E-state index contributed by atoms with van der Waals surface area (Å²) in [6, 6.07) is 6.32. The normalized spacial score (nSPS) is 18.4. The molecule has 1 fully saturated rings. The number of rotatable bonds is 4. The lowest BCUT2D eigenvalue weighted by molar-refractivity contribution is -0.137. The van der Waals surface area contributed by atoms with Crippen molar-refractivity contribution in [2.24, 2.45) is 0 Å². The van der Waals surface area contributed by atoms with Gasteiger partial charge in [0.05, 0.1) is 23.9 Å². The van der Waals surface area contributed by atoms with Crippen molar-refractivity contribution >= 4 is 32.8 Å². The molecule has 3 aromatic heterocycles. The van der Waals surface area contributed by atoms with Crippen LogP contribution in [0.4, 0.5) is 28.6 Å². The SMILES string of the molecule is Cc1cc(C2CN(c3nc(-c4ccc(C(F)(F)F)cc4F)c4sc(N(C)C)nc4n3)CC(C)O2)ccn1. The predicted octanol–water partition coefficient (Wildman–Crippen LogP) is 5.65. The molecule has 0 bridgehead atoms. The van der Waals surface area contributed by atoms with Gasteiger partial charge in [0.1, 0.15) is 16.6 Å². The maximum atomic E-state index is 15.1. The van der Waals surface area contributed by atoms with Crippen LogP contribution < -0.4 is 9.80 Å². The van der Waals surface area contributed by atoms with E-state index < -0.39 is 17.6 Å². The molecule has 7 nitrogen and oxygen atoms in total. The van der Waals surface area contributed by atoms with Crippen molar-refractivity contribution in [1.82, 2.24) is 19.9 Å². The summed E-state index contributed by atoms with van der Waals surface area (Å²) in [5.41, 5.74) is 1.27. The van der Waals surface area contributed by atoms with Crippen LogP contribution in [0, 0.1) is 12.7 Å². The largest absolute Gasteiger partial charge is 0.416 e. The van der Waals surface area contributed by atoms with E-state index in [1.54, 1.807) is 11.1 Å². The highest BCUT2D eigenvalue weighted by Crippen LogP contribution is 2.39. The first-order valence-electron chi connectivity index (χ1n) is 11.6. The molecule has 0 N–H and O–H groups in total. The maximum Gasteiger partial charge on any atom is 0.416 e. The second-order valence-corrected chi connectivity index (χ2v) is 10.2. The zero-order valence-electron chi connectivity index (χ0n) is 20.5. The first-order valence-corrected chi connectivity index (χ1v) is 12.4. The molecule has 0 saturated carbocycles. The minimum absolute atomic E-state index is 0.0433. The first-order chi connectivity index (χ1) is 17.5. The Labute approximate surface area is 214 Å². The van der Waals surface area contributed by atoms with E-state index in [0.29, 0.717) is 40.6 Å². The Morgan fingerprint density at radius 1 is 1.08 bits per heavy atom. The van der Waals surface area contributed by atoms with Crippen LogP contribution in [0.5, 0.6) is 0 Å². The number of halogens is 4. The standard InChI is InChI=1S/C25H24F4N6OS/c1-13-9-15(7-8-30-13)19-12-35(11-14(2)36-19)23-31-20(21-22(32-23)33-24(37-21)34(3)4)17-6-5-16(10-18(17)26)25(27,28)29/h5-10,14,19H,11-12H2,1-4H3. The molecule has 4 aromatic rings. The lowest BCUT2D eigenvalue weighted by Crippen LogP contribution is -2.43. The summed E-state index contributed by atoms with van der Waals surface area (Å²) in [6.07, 6.45) is -3.36. The van der Waals surface area contributed by atoms with Crippen LogP contribution in [-0.2, 0) is 10.9 Å². The molecular weight excluding hydrogens is 508 g/mol. The molecule has 0 radical (unpaired) electrons. The Morgan fingerprint density at radius 3 is 2.54 bits per heavy atom. The zero-order valence-corrected chi connectivity index (χ0v) is 21.4. The molecular formula is C25H24F4N6OS. The fourth-order valence-electron chi connectivity index (χ4n) is 4.27. The van der Waals surface area contributed by atoms with Crippen molar-refractivity contribution in [3.8, 4) is 11.3 Å². The van der Waals surface area contributed by atoms with Crippen LogP contribution in [0.15, 0.2) is 36.5 Å². The van der Waals surface area contributed by atoms with Crippen molar-refractivity contribution < 1.29 is 22.3 Å². The van der Waals surface area contributed by atoms with Crippen LogP contribution in [-0.4, -0.2) is 53.2 Å². The molecule has 2 unspecified atom stereocenters. The number of anilines is 2. The molecule has 37 heavy (non-hydrogen) atoms. The Kier molecular flexibility index (Phi) is 6.48. The number of aromatic nitrogens is 4. The highest BCUT2D eigenvalue weighted by molar-refractivity contribution is 7.22. The Hall–Kier alpha value is -3.38. The van der Waals surface area contributed by atoms with Gasteiger partial charge in [-0.25, -0.2) is 9.37 Å². The van der Waals surface area contributed by atoms with E-state index in [2.05, 4.69) is 19.9 Å². The second-order valence-electron chi connectivity index (χ2n) is 9.18. The van der Waals surface area contributed by atoms with Crippen LogP contribution in [0.25, 0.3) is 21.6 Å². The van der Waals surface area contributed by atoms with Crippen molar-refractivity contribution in [1.29, 1.82) is 0 Å². The van der Waals surface area contributed by atoms with Crippen LogP contribution in [0.3, 0.4) is 0 Å². The van der Waals surface area contributed by atoms with Crippen molar-refractivity contribution in [2.75, 3.05) is 37.0 Å². The van der Waals surface area contributed by atoms with Gasteiger partial charge < -0.3 is 14.5 Å². The topological polar surface area (TPSA) is 67.3 Å². The van der Waals surface area contributed by atoms with Gasteiger partial charge in [0.15, 0.2) is 10.8 Å². The van der Waals surface area contributed by atoms with E-state index in [4.69, 9.17) is 4.74 Å². The molecule has 1 saturated heterocycles. The van der Waals surface area contributed by atoms with E-state index in [-0.39, 0.29) is 23.5 Å². The lowest BCUT2D eigenvalue weighted by atomic mass is 10.1. The third-order valence-electron chi connectivity index (χ3n) is 6.00. The van der Waals surface area contributed by atoms with E-state index in [1.165, 1.54) is 11.3 Å². The van der Waals surface area contributed by atoms with Gasteiger partial charge >= 0.3 is 6.18 Å². The second kappa shape index (κ2) is 9.49. The van der Waals surface area contributed by atoms with Gasteiger partial charge in [0.2, 0.25) is 5.95 Å². The summed E-state index contributed by atoms with van der Waals surface area (Å²) < 4.78 is 61.2. The highest BCUT2D eigenvalue weighted by atomic mass is 32.1. The molecule has 1 aliphatic heterocycles. The maximum absolute atomic E-state index is 15.1. The van der Waals surface area contributed by atoms with E-state index >= 15 is 4.39 Å². The van der Waals surface area contributed by atoms with E-state index in [9.17, 15) is 13.2 Å². The lowest BCUT2D eigenvalue weighted by Gasteiger charge is -2.37. The third-order valence-corrected chi connectivity index (χ3v) is 7.22. The van der Waals surface area contributed by atoms with Crippen molar-refractivity contribution in [3.63, 3.8) is 0 Å². The molecule has 4 heterocycles. The van der Waals surface area contributed by atoms with Gasteiger partial charge in [-0.3, -0.25) is 4.98 Å². The van der Waals surface area contributed by atoms with Crippen molar-refractivity contribution in [2.45, 2.75) is 32.2 Å². The van der Waals surface area contributed by atoms with Gasteiger partial charge in [0, 0.05) is 38.1 Å². The fourth-order valence-corrected chi connectivity index (χ4v) is 5.20. The van der Waals surface area contributed by atoms with Crippen LogP contribution in [0.2, 0.25) is 0 Å². The number of alkyl halides is 3. The molecule has 1 aromatic carbocycles. The van der Waals surface area contributed by atoms with Gasteiger partial charge in [-0.2, -0.15) is 23.1 Å². The summed E-state index contributed by atoms with van der Waals surface area (Å²) in [7, 11) is 3.63. The smallest absolute Gasteiger partial charge is 0.367 e.